The second kappa shape index (κ2) is 4.03. The van der Waals surface area contributed by atoms with Crippen LogP contribution in [0.1, 0.15) is 23.7 Å². The van der Waals surface area contributed by atoms with E-state index in [1.807, 2.05) is 4.90 Å². The summed E-state index contributed by atoms with van der Waals surface area (Å²) in [6.07, 6.45) is 2.53. The van der Waals surface area contributed by atoms with E-state index in [4.69, 9.17) is 16.0 Å². The summed E-state index contributed by atoms with van der Waals surface area (Å²) in [5.74, 6) is 0.576. The van der Waals surface area contributed by atoms with E-state index in [-0.39, 0.29) is 17.2 Å². The maximum Gasteiger partial charge on any atom is 0.259 e. The maximum absolute atomic E-state index is 12.4. The smallest absolute Gasteiger partial charge is 0.259 e. The number of hydrogen-bond donors (Lipinski definition) is 1. The van der Waals surface area contributed by atoms with Crippen LogP contribution in [-0.2, 0) is 0 Å². The van der Waals surface area contributed by atoms with E-state index in [1.165, 1.54) is 6.26 Å². The largest absolute Gasteiger partial charge is 0.452 e. The van der Waals surface area contributed by atoms with E-state index in [2.05, 4.69) is 12.2 Å². The Kier molecular flexibility index (Phi) is 2.64. The molecule has 17 heavy (non-hydrogen) atoms. The molecule has 0 bridgehead atoms. The van der Waals surface area contributed by atoms with E-state index >= 15 is 0 Å². The Bertz CT molecular complexity index is 445. The number of fused-ring (bicyclic) bond motifs is 1. The molecule has 92 valence electrons. The number of likely N-dealkylation sites (tertiary alicyclic amines) is 1. The fourth-order valence-electron chi connectivity index (χ4n) is 3.10. The molecule has 1 N–H and O–H groups in total. The monoisotopic (exact) mass is 254 g/mol. The molecule has 0 radical (unpaired) electrons. The Morgan fingerprint density at radius 2 is 2.41 bits per heavy atom. The number of rotatable bonds is 1. The minimum atomic E-state index is -0.00699. The summed E-state index contributed by atoms with van der Waals surface area (Å²) in [6.45, 7) is 4.00. The maximum atomic E-state index is 12.4. The van der Waals surface area contributed by atoms with Gasteiger partial charge in [-0.15, -0.1) is 0 Å². The fourth-order valence-corrected chi connectivity index (χ4v) is 3.30. The number of carbonyl (C=O) groups excluding carboxylic acids is 1. The van der Waals surface area contributed by atoms with Crippen molar-refractivity contribution in [1.82, 2.24) is 10.2 Å². The lowest BCUT2D eigenvalue weighted by molar-refractivity contribution is 0.0681. The van der Waals surface area contributed by atoms with Crippen LogP contribution in [0.15, 0.2) is 16.7 Å². The summed E-state index contributed by atoms with van der Waals surface area (Å²) >= 11 is 5.87. The molecule has 4 nitrogen and oxygen atoms in total. The van der Waals surface area contributed by atoms with Gasteiger partial charge in [0.15, 0.2) is 0 Å². The molecule has 2 aliphatic heterocycles. The zero-order chi connectivity index (χ0) is 12.0. The van der Waals surface area contributed by atoms with Crippen LogP contribution < -0.4 is 5.32 Å². The van der Waals surface area contributed by atoms with Crippen LogP contribution in [0.4, 0.5) is 0 Å². The van der Waals surface area contributed by atoms with E-state index in [0.29, 0.717) is 17.5 Å². The molecule has 2 saturated heterocycles. The Morgan fingerprint density at radius 1 is 1.59 bits per heavy atom. The molecule has 0 spiro atoms. The molecule has 3 heterocycles. The third kappa shape index (κ3) is 1.67. The molecule has 2 aliphatic rings. The van der Waals surface area contributed by atoms with Crippen LogP contribution in [0.3, 0.4) is 0 Å². The first-order valence-electron chi connectivity index (χ1n) is 5.95. The van der Waals surface area contributed by atoms with Gasteiger partial charge in [-0.25, -0.2) is 0 Å². The van der Waals surface area contributed by atoms with Crippen molar-refractivity contribution in [3.05, 3.63) is 23.1 Å². The second-order valence-electron chi connectivity index (χ2n) is 4.89. The van der Waals surface area contributed by atoms with Gasteiger partial charge in [-0.1, -0.05) is 0 Å². The summed E-state index contributed by atoms with van der Waals surface area (Å²) in [6, 6.07) is 2.24. The van der Waals surface area contributed by atoms with Crippen molar-refractivity contribution in [1.29, 1.82) is 0 Å². The average molecular weight is 255 g/mol. The van der Waals surface area contributed by atoms with Gasteiger partial charge in [-0.05, 0) is 36.9 Å². The Hall–Kier alpha value is -1.00. The summed E-state index contributed by atoms with van der Waals surface area (Å²) in [5.41, 5.74) is 0.478. The van der Waals surface area contributed by atoms with Gasteiger partial charge in [-0.3, -0.25) is 4.79 Å². The molecule has 0 aromatic carbocycles. The van der Waals surface area contributed by atoms with Crippen molar-refractivity contribution in [2.45, 2.75) is 25.4 Å². The zero-order valence-corrected chi connectivity index (χ0v) is 10.4. The van der Waals surface area contributed by atoms with E-state index < -0.39 is 0 Å². The van der Waals surface area contributed by atoms with Gasteiger partial charge in [0.2, 0.25) is 5.22 Å². The lowest BCUT2D eigenvalue weighted by Crippen LogP contribution is -2.42. The van der Waals surface area contributed by atoms with Crippen molar-refractivity contribution >= 4 is 17.5 Å². The lowest BCUT2D eigenvalue weighted by atomic mass is 10.0. The molecule has 5 heteroatoms. The topological polar surface area (TPSA) is 45.5 Å². The average Bonchev–Trinajstić information content (AvgIpc) is 2.92. The van der Waals surface area contributed by atoms with Gasteiger partial charge in [0.1, 0.15) is 0 Å². The molecular formula is C12H15ClN2O2. The second-order valence-corrected chi connectivity index (χ2v) is 5.23. The predicted octanol–water partition coefficient (Wildman–Crippen LogP) is 1.76. The van der Waals surface area contributed by atoms with Gasteiger partial charge >= 0.3 is 0 Å². The van der Waals surface area contributed by atoms with E-state index in [0.717, 1.165) is 19.5 Å². The van der Waals surface area contributed by atoms with Crippen LogP contribution in [0.5, 0.6) is 0 Å². The molecule has 1 aromatic rings. The minimum absolute atomic E-state index is 0.00699. The van der Waals surface area contributed by atoms with Gasteiger partial charge < -0.3 is 14.6 Å². The molecule has 1 aromatic heterocycles. The Morgan fingerprint density at radius 3 is 3.12 bits per heavy atom. The number of nitrogens with zero attached hydrogens (tertiary/aromatic N) is 1. The Balaban J connectivity index is 1.88. The van der Waals surface area contributed by atoms with Crippen LogP contribution in [0.25, 0.3) is 0 Å². The summed E-state index contributed by atoms with van der Waals surface area (Å²) in [5, 5.41) is 3.53. The first-order chi connectivity index (χ1) is 8.18. The molecule has 0 aliphatic carbocycles. The summed E-state index contributed by atoms with van der Waals surface area (Å²) in [4.78, 5) is 14.4. The molecule has 3 atom stereocenters. The van der Waals surface area contributed by atoms with Crippen molar-refractivity contribution in [3.8, 4) is 0 Å². The van der Waals surface area contributed by atoms with Gasteiger partial charge in [-0.2, -0.15) is 0 Å². The van der Waals surface area contributed by atoms with Crippen molar-refractivity contribution in [3.63, 3.8) is 0 Å². The molecule has 3 unspecified atom stereocenters. The first-order valence-corrected chi connectivity index (χ1v) is 6.32. The number of carbonyl (C=O) groups is 1. The predicted molar refractivity (Wildman–Crippen MR) is 64.1 cm³/mol. The first kappa shape index (κ1) is 11.1. The van der Waals surface area contributed by atoms with E-state index in [1.54, 1.807) is 6.07 Å². The molecule has 1 amide bonds. The number of hydrogen-bond acceptors (Lipinski definition) is 3. The van der Waals surface area contributed by atoms with Crippen LogP contribution in [0.2, 0.25) is 5.22 Å². The lowest BCUT2D eigenvalue weighted by Gasteiger charge is -2.27. The number of halogens is 1. The number of amides is 1. The fraction of sp³-hybridized carbons (Fsp3) is 0.583. The highest BCUT2D eigenvalue weighted by Crippen LogP contribution is 2.34. The number of nitrogens with one attached hydrogen (secondary N) is 1. The normalized spacial score (nSPS) is 31.9. The van der Waals surface area contributed by atoms with E-state index in [9.17, 15) is 4.79 Å². The molecule has 3 rings (SSSR count). The number of furan rings is 1. The zero-order valence-electron chi connectivity index (χ0n) is 9.65. The summed E-state index contributed by atoms with van der Waals surface area (Å²) < 4.78 is 4.99. The van der Waals surface area contributed by atoms with Crippen LogP contribution in [-0.4, -0.2) is 36.0 Å². The van der Waals surface area contributed by atoms with Gasteiger partial charge in [0.05, 0.1) is 11.8 Å². The van der Waals surface area contributed by atoms with Gasteiger partial charge in [0.25, 0.3) is 5.91 Å². The minimum Gasteiger partial charge on any atom is -0.452 e. The van der Waals surface area contributed by atoms with Gasteiger partial charge in [0, 0.05) is 25.2 Å². The van der Waals surface area contributed by atoms with Crippen LogP contribution in [0, 0.1) is 5.92 Å². The SMILES string of the molecule is CC1CC2CNCC2N1C(=O)c1ccoc1Cl. The highest BCUT2D eigenvalue weighted by Gasteiger charge is 2.44. The van der Waals surface area contributed by atoms with Crippen molar-refractivity contribution in [2.24, 2.45) is 5.92 Å². The standard InChI is InChI=1S/C12H15ClN2O2/c1-7-4-8-5-14-6-10(8)15(7)12(16)9-2-3-17-11(9)13/h2-3,7-8,10,14H,4-6H2,1H3. The Labute approximate surface area is 105 Å². The molecular weight excluding hydrogens is 240 g/mol. The highest BCUT2D eigenvalue weighted by atomic mass is 35.5. The van der Waals surface area contributed by atoms with Crippen LogP contribution >= 0.6 is 11.6 Å². The van der Waals surface area contributed by atoms with Crippen molar-refractivity contribution < 1.29 is 9.21 Å². The molecule has 2 fully saturated rings. The third-order valence-corrected chi connectivity index (χ3v) is 4.16. The summed E-state index contributed by atoms with van der Waals surface area (Å²) in [7, 11) is 0. The molecule has 0 saturated carbocycles. The highest BCUT2D eigenvalue weighted by molar-refractivity contribution is 6.32. The van der Waals surface area contributed by atoms with Crippen molar-refractivity contribution in [2.75, 3.05) is 13.1 Å². The quantitative estimate of drug-likeness (QED) is 0.831. The third-order valence-electron chi connectivity index (χ3n) is 3.86.